The third kappa shape index (κ3) is 3.68. The van der Waals surface area contributed by atoms with Gasteiger partial charge in [0.2, 0.25) is 5.91 Å². The molecule has 0 spiro atoms. The van der Waals surface area contributed by atoms with Crippen LogP contribution in [0.5, 0.6) is 0 Å². The summed E-state index contributed by atoms with van der Waals surface area (Å²) in [5.41, 5.74) is 7.83. The zero-order valence-corrected chi connectivity index (χ0v) is 12.8. The number of halogens is 1. The van der Waals surface area contributed by atoms with E-state index in [1.807, 2.05) is 61.5 Å². The highest BCUT2D eigenvalue weighted by Crippen LogP contribution is 2.18. The highest BCUT2D eigenvalue weighted by atomic mass is 79.9. The Morgan fingerprint density at radius 3 is 2.25 bits per heavy atom. The minimum Gasteiger partial charge on any atom is -0.348 e. The first-order valence-electron chi connectivity index (χ1n) is 6.44. The number of nitrogens with two attached hydrogens (primary N) is 1. The SMILES string of the molecule is CC(NC(=O)[C@@H](N)c1ccccc1)c1ccc(Br)cc1. The molecule has 0 aliphatic carbocycles. The van der Waals surface area contributed by atoms with Crippen molar-refractivity contribution >= 4 is 21.8 Å². The molecule has 0 saturated carbocycles. The van der Waals surface area contributed by atoms with Crippen molar-refractivity contribution in [3.63, 3.8) is 0 Å². The molecule has 0 heterocycles. The summed E-state index contributed by atoms with van der Waals surface area (Å²) in [4.78, 5) is 12.1. The second-order valence-corrected chi connectivity index (χ2v) is 5.59. The van der Waals surface area contributed by atoms with Crippen LogP contribution in [-0.2, 0) is 4.79 Å². The summed E-state index contributed by atoms with van der Waals surface area (Å²) in [7, 11) is 0. The van der Waals surface area contributed by atoms with Gasteiger partial charge in [-0.05, 0) is 30.2 Å². The molecule has 0 fully saturated rings. The molecule has 4 heteroatoms. The number of carbonyl (C=O) groups is 1. The minimum absolute atomic E-state index is 0.0784. The lowest BCUT2D eigenvalue weighted by Crippen LogP contribution is -2.35. The van der Waals surface area contributed by atoms with Crippen LogP contribution in [0.25, 0.3) is 0 Å². The summed E-state index contributed by atoms with van der Waals surface area (Å²) in [5, 5.41) is 2.93. The van der Waals surface area contributed by atoms with E-state index in [1.54, 1.807) is 0 Å². The number of hydrogen-bond acceptors (Lipinski definition) is 2. The Bertz CT molecular complexity index is 569. The molecule has 2 rings (SSSR count). The maximum atomic E-state index is 12.1. The Labute approximate surface area is 127 Å². The summed E-state index contributed by atoms with van der Waals surface area (Å²) in [6.45, 7) is 1.94. The lowest BCUT2D eigenvalue weighted by Gasteiger charge is -2.18. The molecule has 0 aliphatic heterocycles. The zero-order valence-electron chi connectivity index (χ0n) is 11.2. The van der Waals surface area contributed by atoms with E-state index in [2.05, 4.69) is 21.2 Å². The molecule has 1 amide bonds. The Balaban J connectivity index is 2.02. The normalized spacial score (nSPS) is 13.6. The molecule has 0 aliphatic rings. The Morgan fingerprint density at radius 2 is 1.65 bits per heavy atom. The van der Waals surface area contributed by atoms with E-state index in [0.717, 1.165) is 15.6 Å². The van der Waals surface area contributed by atoms with Gasteiger partial charge in [0, 0.05) is 4.47 Å². The monoisotopic (exact) mass is 332 g/mol. The molecule has 0 bridgehead atoms. The van der Waals surface area contributed by atoms with Crippen molar-refractivity contribution in [1.29, 1.82) is 0 Å². The lowest BCUT2D eigenvalue weighted by atomic mass is 10.1. The average Bonchev–Trinajstić information content (AvgIpc) is 2.48. The third-order valence-electron chi connectivity index (χ3n) is 3.17. The maximum absolute atomic E-state index is 12.1. The van der Waals surface area contributed by atoms with E-state index < -0.39 is 6.04 Å². The van der Waals surface area contributed by atoms with Crippen molar-refractivity contribution < 1.29 is 4.79 Å². The molecule has 1 unspecified atom stereocenters. The van der Waals surface area contributed by atoms with E-state index in [1.165, 1.54) is 0 Å². The first kappa shape index (κ1) is 14.8. The van der Waals surface area contributed by atoms with Crippen LogP contribution in [0.1, 0.15) is 30.1 Å². The first-order valence-corrected chi connectivity index (χ1v) is 7.23. The van der Waals surface area contributed by atoms with Crippen molar-refractivity contribution in [3.05, 3.63) is 70.2 Å². The predicted octanol–water partition coefficient (Wildman–Crippen LogP) is 3.33. The summed E-state index contributed by atoms with van der Waals surface area (Å²) >= 11 is 3.39. The Morgan fingerprint density at radius 1 is 1.05 bits per heavy atom. The van der Waals surface area contributed by atoms with Gasteiger partial charge in [-0.1, -0.05) is 58.4 Å². The van der Waals surface area contributed by atoms with Crippen molar-refractivity contribution in [1.82, 2.24) is 5.32 Å². The molecule has 3 nitrogen and oxygen atoms in total. The quantitative estimate of drug-likeness (QED) is 0.902. The molecule has 3 N–H and O–H groups in total. The van der Waals surface area contributed by atoms with E-state index >= 15 is 0 Å². The van der Waals surface area contributed by atoms with Crippen molar-refractivity contribution in [3.8, 4) is 0 Å². The maximum Gasteiger partial charge on any atom is 0.241 e. The van der Waals surface area contributed by atoms with Crippen LogP contribution in [-0.4, -0.2) is 5.91 Å². The lowest BCUT2D eigenvalue weighted by molar-refractivity contribution is -0.123. The summed E-state index contributed by atoms with van der Waals surface area (Å²) in [5.74, 6) is -0.174. The van der Waals surface area contributed by atoms with Gasteiger partial charge in [-0.15, -0.1) is 0 Å². The second-order valence-electron chi connectivity index (χ2n) is 4.67. The average molecular weight is 333 g/mol. The van der Waals surface area contributed by atoms with E-state index in [9.17, 15) is 4.79 Å². The summed E-state index contributed by atoms with van der Waals surface area (Å²) < 4.78 is 1.01. The van der Waals surface area contributed by atoms with Gasteiger partial charge in [0.1, 0.15) is 6.04 Å². The van der Waals surface area contributed by atoms with Gasteiger partial charge in [0.05, 0.1) is 6.04 Å². The van der Waals surface area contributed by atoms with Gasteiger partial charge in [0.25, 0.3) is 0 Å². The molecule has 104 valence electrons. The number of carbonyl (C=O) groups excluding carboxylic acids is 1. The smallest absolute Gasteiger partial charge is 0.241 e. The third-order valence-corrected chi connectivity index (χ3v) is 3.70. The Kier molecular flexibility index (Phi) is 4.93. The first-order chi connectivity index (χ1) is 9.58. The molecule has 20 heavy (non-hydrogen) atoms. The summed E-state index contributed by atoms with van der Waals surface area (Å²) in [6.07, 6.45) is 0. The fourth-order valence-electron chi connectivity index (χ4n) is 1.95. The van der Waals surface area contributed by atoms with Gasteiger partial charge in [-0.25, -0.2) is 0 Å². The number of hydrogen-bond donors (Lipinski definition) is 2. The van der Waals surface area contributed by atoms with Crippen LogP contribution < -0.4 is 11.1 Å². The molecule has 2 aromatic rings. The van der Waals surface area contributed by atoms with E-state index in [0.29, 0.717) is 0 Å². The Hall–Kier alpha value is -1.65. The molecule has 0 aromatic heterocycles. The van der Waals surface area contributed by atoms with Crippen LogP contribution in [0.4, 0.5) is 0 Å². The van der Waals surface area contributed by atoms with Crippen LogP contribution in [0.3, 0.4) is 0 Å². The number of nitrogens with one attached hydrogen (secondary N) is 1. The highest BCUT2D eigenvalue weighted by molar-refractivity contribution is 9.10. The van der Waals surface area contributed by atoms with Crippen molar-refractivity contribution in [2.24, 2.45) is 5.73 Å². The molecular formula is C16H17BrN2O. The molecule has 0 radical (unpaired) electrons. The topological polar surface area (TPSA) is 55.1 Å². The van der Waals surface area contributed by atoms with E-state index in [-0.39, 0.29) is 11.9 Å². The number of amides is 1. The minimum atomic E-state index is -0.644. The van der Waals surface area contributed by atoms with Crippen molar-refractivity contribution in [2.75, 3.05) is 0 Å². The van der Waals surface area contributed by atoms with E-state index in [4.69, 9.17) is 5.73 Å². The van der Waals surface area contributed by atoms with Gasteiger partial charge >= 0.3 is 0 Å². The van der Waals surface area contributed by atoms with Gasteiger partial charge in [-0.3, -0.25) is 4.79 Å². The predicted molar refractivity (Wildman–Crippen MR) is 84.1 cm³/mol. The fourth-order valence-corrected chi connectivity index (χ4v) is 2.21. The van der Waals surface area contributed by atoms with Crippen LogP contribution in [0.2, 0.25) is 0 Å². The van der Waals surface area contributed by atoms with Crippen LogP contribution in [0.15, 0.2) is 59.1 Å². The van der Waals surface area contributed by atoms with Crippen molar-refractivity contribution in [2.45, 2.75) is 19.0 Å². The molecule has 2 atom stereocenters. The number of benzene rings is 2. The molecular weight excluding hydrogens is 316 g/mol. The fraction of sp³-hybridized carbons (Fsp3) is 0.188. The number of rotatable bonds is 4. The largest absolute Gasteiger partial charge is 0.348 e. The molecule has 2 aromatic carbocycles. The highest BCUT2D eigenvalue weighted by Gasteiger charge is 2.17. The van der Waals surface area contributed by atoms with Gasteiger partial charge in [-0.2, -0.15) is 0 Å². The zero-order chi connectivity index (χ0) is 14.5. The molecule has 0 saturated heterocycles. The van der Waals surface area contributed by atoms with Crippen LogP contribution >= 0.6 is 15.9 Å². The van der Waals surface area contributed by atoms with Gasteiger partial charge < -0.3 is 11.1 Å². The second kappa shape index (κ2) is 6.68. The summed E-state index contributed by atoms with van der Waals surface area (Å²) in [6, 6.07) is 16.5. The standard InChI is InChI=1S/C16H17BrN2O/c1-11(12-7-9-14(17)10-8-12)19-16(20)15(18)13-5-3-2-4-6-13/h2-11,15H,18H2,1H3,(H,19,20)/t11?,15-/m0/s1. The van der Waals surface area contributed by atoms with Gasteiger partial charge in [0.15, 0.2) is 0 Å². The van der Waals surface area contributed by atoms with Crippen LogP contribution in [0, 0.1) is 0 Å².